The van der Waals surface area contributed by atoms with Gasteiger partial charge in [0.15, 0.2) is 0 Å². The van der Waals surface area contributed by atoms with Gasteiger partial charge in [0.1, 0.15) is 5.82 Å². The average molecular weight is 187 g/mol. The van der Waals surface area contributed by atoms with Crippen molar-refractivity contribution in [3.8, 4) is 11.1 Å². The second-order valence-corrected chi connectivity index (χ2v) is 3.17. The smallest absolute Gasteiger partial charge is 0.131 e. The van der Waals surface area contributed by atoms with E-state index >= 15 is 0 Å². The number of halogens is 1. The third kappa shape index (κ3) is 1.64. The Morgan fingerprint density at radius 2 is 1.86 bits per heavy atom. The van der Waals surface area contributed by atoms with Gasteiger partial charge in [0.2, 0.25) is 0 Å². The predicted molar refractivity (Wildman–Crippen MR) is 54.4 cm³/mol. The van der Waals surface area contributed by atoms with Gasteiger partial charge < -0.3 is 0 Å². The Bertz CT molecular complexity index is 434. The van der Waals surface area contributed by atoms with E-state index in [1.165, 1.54) is 6.07 Å². The van der Waals surface area contributed by atoms with Gasteiger partial charge in [0, 0.05) is 23.0 Å². The number of hydrogen-bond acceptors (Lipinski definition) is 1. The van der Waals surface area contributed by atoms with Crippen molar-refractivity contribution in [2.75, 3.05) is 0 Å². The minimum Gasteiger partial charge on any atom is -0.261 e. The molecule has 2 heteroatoms. The Balaban J connectivity index is 2.50. The molecule has 0 aliphatic carbocycles. The third-order valence-electron chi connectivity index (χ3n) is 2.10. The quantitative estimate of drug-likeness (QED) is 0.668. The molecule has 0 aliphatic rings. The van der Waals surface area contributed by atoms with Gasteiger partial charge >= 0.3 is 0 Å². The predicted octanol–water partition coefficient (Wildman–Crippen LogP) is 3.20. The van der Waals surface area contributed by atoms with Crippen molar-refractivity contribution in [3.63, 3.8) is 0 Å². The first-order chi connectivity index (χ1) is 6.77. The molecule has 0 amide bonds. The van der Waals surface area contributed by atoms with E-state index in [1.54, 1.807) is 18.3 Å². The number of pyridine rings is 1. The molecule has 0 spiro atoms. The molecule has 2 aromatic rings. The van der Waals surface area contributed by atoms with Crippen molar-refractivity contribution in [2.24, 2.45) is 0 Å². The van der Waals surface area contributed by atoms with Gasteiger partial charge in [0.05, 0.1) is 0 Å². The maximum absolute atomic E-state index is 13.3. The van der Waals surface area contributed by atoms with Gasteiger partial charge in [0.25, 0.3) is 0 Å². The number of aryl methyl sites for hydroxylation is 1. The highest BCUT2D eigenvalue weighted by molar-refractivity contribution is 5.62. The van der Waals surface area contributed by atoms with Crippen molar-refractivity contribution in [1.29, 1.82) is 0 Å². The summed E-state index contributed by atoms with van der Waals surface area (Å²) in [7, 11) is 0. The van der Waals surface area contributed by atoms with Crippen molar-refractivity contribution >= 4 is 0 Å². The second-order valence-electron chi connectivity index (χ2n) is 3.17. The van der Waals surface area contributed by atoms with Gasteiger partial charge in [-0.3, -0.25) is 4.98 Å². The Kier molecular flexibility index (Phi) is 2.27. The fourth-order valence-corrected chi connectivity index (χ4v) is 1.32. The molecule has 70 valence electrons. The lowest BCUT2D eigenvalue weighted by atomic mass is 10.1. The Labute approximate surface area is 82.2 Å². The summed E-state index contributed by atoms with van der Waals surface area (Å²) >= 11 is 0. The van der Waals surface area contributed by atoms with E-state index in [1.807, 2.05) is 25.1 Å². The molecular formula is C12H10FN. The summed E-state index contributed by atoms with van der Waals surface area (Å²) < 4.78 is 13.3. The van der Waals surface area contributed by atoms with E-state index in [-0.39, 0.29) is 5.82 Å². The van der Waals surface area contributed by atoms with Crippen LogP contribution in [0.15, 0.2) is 42.6 Å². The molecule has 0 atom stereocenters. The van der Waals surface area contributed by atoms with Crippen LogP contribution in [0.5, 0.6) is 0 Å². The molecular weight excluding hydrogens is 177 g/mol. The van der Waals surface area contributed by atoms with E-state index < -0.39 is 0 Å². The SMILES string of the molecule is Cc1ccc(-c2ccccc2F)cn1. The molecule has 1 heterocycles. The van der Waals surface area contributed by atoms with Crippen LogP contribution in [0, 0.1) is 12.7 Å². The Morgan fingerprint density at radius 3 is 2.50 bits per heavy atom. The summed E-state index contributed by atoms with van der Waals surface area (Å²) in [4.78, 5) is 4.13. The second kappa shape index (κ2) is 3.58. The van der Waals surface area contributed by atoms with Crippen LogP contribution in [0.3, 0.4) is 0 Å². The molecule has 1 aromatic carbocycles. The first-order valence-corrected chi connectivity index (χ1v) is 4.45. The van der Waals surface area contributed by atoms with Gasteiger partial charge in [-0.25, -0.2) is 4.39 Å². The van der Waals surface area contributed by atoms with Crippen molar-refractivity contribution in [1.82, 2.24) is 4.98 Å². The first-order valence-electron chi connectivity index (χ1n) is 4.45. The lowest BCUT2D eigenvalue weighted by Gasteiger charge is -2.02. The Morgan fingerprint density at radius 1 is 1.07 bits per heavy atom. The molecule has 0 N–H and O–H groups in total. The highest BCUT2D eigenvalue weighted by Crippen LogP contribution is 2.21. The average Bonchev–Trinajstić information content (AvgIpc) is 2.20. The summed E-state index contributed by atoms with van der Waals surface area (Å²) in [5, 5.41) is 0. The summed E-state index contributed by atoms with van der Waals surface area (Å²) in [5.41, 5.74) is 2.35. The van der Waals surface area contributed by atoms with Crippen LogP contribution >= 0.6 is 0 Å². The zero-order chi connectivity index (χ0) is 9.97. The van der Waals surface area contributed by atoms with Crippen LogP contribution in [-0.4, -0.2) is 4.98 Å². The number of aromatic nitrogens is 1. The maximum atomic E-state index is 13.3. The minimum atomic E-state index is -0.210. The highest BCUT2D eigenvalue weighted by atomic mass is 19.1. The van der Waals surface area contributed by atoms with Crippen LogP contribution in [-0.2, 0) is 0 Å². The summed E-state index contributed by atoms with van der Waals surface area (Å²) in [6.45, 7) is 1.91. The van der Waals surface area contributed by atoms with Gasteiger partial charge in [-0.15, -0.1) is 0 Å². The van der Waals surface area contributed by atoms with Crippen molar-refractivity contribution in [2.45, 2.75) is 6.92 Å². The van der Waals surface area contributed by atoms with Gasteiger partial charge in [-0.05, 0) is 19.1 Å². The molecule has 0 aliphatic heterocycles. The standard InChI is InChI=1S/C12H10FN/c1-9-6-7-10(8-14-9)11-4-2-3-5-12(11)13/h2-8H,1H3. The highest BCUT2D eigenvalue weighted by Gasteiger charge is 2.02. The molecule has 2 rings (SSSR count). The van der Waals surface area contributed by atoms with Crippen LogP contribution in [0.25, 0.3) is 11.1 Å². The zero-order valence-electron chi connectivity index (χ0n) is 7.87. The molecule has 0 radical (unpaired) electrons. The number of nitrogens with zero attached hydrogens (tertiary/aromatic N) is 1. The monoisotopic (exact) mass is 187 g/mol. The summed E-state index contributed by atoms with van der Waals surface area (Å²) in [6.07, 6.45) is 1.69. The van der Waals surface area contributed by atoms with Crippen LogP contribution < -0.4 is 0 Å². The maximum Gasteiger partial charge on any atom is 0.131 e. The first kappa shape index (κ1) is 8.88. The normalized spacial score (nSPS) is 10.1. The molecule has 0 unspecified atom stereocenters. The number of rotatable bonds is 1. The Hall–Kier alpha value is -1.70. The fourth-order valence-electron chi connectivity index (χ4n) is 1.32. The third-order valence-corrected chi connectivity index (χ3v) is 2.10. The zero-order valence-corrected chi connectivity index (χ0v) is 7.87. The molecule has 0 bridgehead atoms. The molecule has 0 saturated heterocycles. The van der Waals surface area contributed by atoms with Gasteiger partial charge in [-0.1, -0.05) is 24.3 Å². The van der Waals surface area contributed by atoms with Gasteiger partial charge in [-0.2, -0.15) is 0 Å². The number of hydrogen-bond donors (Lipinski definition) is 0. The van der Waals surface area contributed by atoms with Crippen LogP contribution in [0.4, 0.5) is 4.39 Å². The minimum absolute atomic E-state index is 0.210. The van der Waals surface area contributed by atoms with E-state index in [2.05, 4.69) is 4.98 Å². The topological polar surface area (TPSA) is 12.9 Å². The van der Waals surface area contributed by atoms with E-state index in [9.17, 15) is 4.39 Å². The van der Waals surface area contributed by atoms with E-state index in [0.29, 0.717) is 5.56 Å². The summed E-state index contributed by atoms with van der Waals surface area (Å²) in [6, 6.07) is 10.5. The van der Waals surface area contributed by atoms with Crippen LogP contribution in [0.1, 0.15) is 5.69 Å². The molecule has 0 fully saturated rings. The largest absolute Gasteiger partial charge is 0.261 e. The van der Waals surface area contributed by atoms with E-state index in [0.717, 1.165) is 11.3 Å². The lowest BCUT2D eigenvalue weighted by molar-refractivity contribution is 0.631. The van der Waals surface area contributed by atoms with Crippen molar-refractivity contribution in [3.05, 3.63) is 54.1 Å². The summed E-state index contributed by atoms with van der Waals surface area (Å²) in [5.74, 6) is -0.210. The van der Waals surface area contributed by atoms with E-state index in [4.69, 9.17) is 0 Å². The van der Waals surface area contributed by atoms with Crippen molar-refractivity contribution < 1.29 is 4.39 Å². The lowest BCUT2D eigenvalue weighted by Crippen LogP contribution is -1.85. The molecule has 1 aromatic heterocycles. The molecule has 1 nitrogen and oxygen atoms in total. The van der Waals surface area contributed by atoms with Crippen LogP contribution in [0.2, 0.25) is 0 Å². The number of benzene rings is 1. The molecule has 0 saturated carbocycles. The molecule has 14 heavy (non-hydrogen) atoms. The fraction of sp³-hybridized carbons (Fsp3) is 0.0833.